The van der Waals surface area contributed by atoms with Crippen molar-refractivity contribution in [3.05, 3.63) is 0 Å². The number of amides is 8. The number of carbonyl (C=O) groups is 10. The molecule has 8 amide bonds. The molecule has 0 aromatic heterocycles. The van der Waals surface area contributed by atoms with Gasteiger partial charge in [-0.05, 0) is 90.6 Å². The number of carboxylic acids is 2. The maximum atomic E-state index is 13.8. The normalized spacial score (nSPS) is 15.5. The van der Waals surface area contributed by atoms with Crippen molar-refractivity contribution in [2.75, 3.05) is 13.1 Å². The molecule has 17 N–H and O–H groups in total. The number of nitrogens with one attached hydrogen (secondary N) is 7. The summed E-state index contributed by atoms with van der Waals surface area (Å²) in [5, 5.41) is 56.4. The van der Waals surface area contributed by atoms with Crippen LogP contribution in [0.25, 0.3) is 0 Å². The van der Waals surface area contributed by atoms with Gasteiger partial charge in [-0.15, -0.1) is 0 Å². The van der Waals surface area contributed by atoms with Gasteiger partial charge in [-0.3, -0.25) is 43.2 Å². The number of hydrogen-bond acceptors (Lipinski definition) is 14. The van der Waals surface area contributed by atoms with E-state index in [1.165, 1.54) is 6.92 Å². The largest absolute Gasteiger partial charge is 0.481 e. The molecule has 24 heteroatoms. The van der Waals surface area contributed by atoms with Crippen LogP contribution in [0.2, 0.25) is 0 Å². The van der Waals surface area contributed by atoms with Crippen LogP contribution in [0, 0.1) is 5.92 Å². The van der Waals surface area contributed by atoms with Crippen molar-refractivity contribution in [3.8, 4) is 0 Å². The lowest BCUT2D eigenvalue weighted by molar-refractivity contribution is -0.143. The van der Waals surface area contributed by atoms with Crippen molar-refractivity contribution in [1.82, 2.24) is 37.2 Å². The van der Waals surface area contributed by atoms with Crippen LogP contribution >= 0.6 is 0 Å². The van der Waals surface area contributed by atoms with Gasteiger partial charge in [0.2, 0.25) is 47.3 Å². The van der Waals surface area contributed by atoms with Crippen LogP contribution in [0.3, 0.4) is 0 Å². The number of unbranched alkanes of at least 4 members (excludes halogenated alkanes) is 2. The first-order valence-corrected chi connectivity index (χ1v) is 20.5. The quantitative estimate of drug-likeness (QED) is 0.0284. The summed E-state index contributed by atoms with van der Waals surface area (Å²) in [5.41, 5.74) is 16.4. The van der Waals surface area contributed by atoms with E-state index in [1.807, 2.05) is 13.8 Å². The van der Waals surface area contributed by atoms with E-state index in [0.29, 0.717) is 32.2 Å². The maximum Gasteiger partial charge on any atom is 0.326 e. The fourth-order valence-electron chi connectivity index (χ4n) is 5.94. The van der Waals surface area contributed by atoms with Crippen molar-refractivity contribution in [2.45, 2.75) is 160 Å². The molecule has 0 bridgehead atoms. The van der Waals surface area contributed by atoms with Gasteiger partial charge in [-0.2, -0.15) is 0 Å². The Kier molecular flexibility index (Phi) is 27.1. The third-order valence-corrected chi connectivity index (χ3v) is 9.26. The van der Waals surface area contributed by atoms with E-state index >= 15 is 0 Å². The molecule has 0 aromatic rings. The van der Waals surface area contributed by atoms with Crippen molar-refractivity contribution in [2.24, 2.45) is 23.1 Å². The second-order valence-electron chi connectivity index (χ2n) is 15.4. The third kappa shape index (κ3) is 22.9. The molecule has 62 heavy (non-hydrogen) atoms. The molecule has 0 fully saturated rings. The molecule has 0 aliphatic rings. The Bertz CT molecular complexity index is 1530. The van der Waals surface area contributed by atoms with Crippen LogP contribution in [0.15, 0.2) is 0 Å². The van der Waals surface area contributed by atoms with E-state index < -0.39 is 139 Å². The predicted octanol–water partition coefficient (Wildman–Crippen LogP) is -4.32. The van der Waals surface area contributed by atoms with E-state index in [2.05, 4.69) is 37.2 Å². The van der Waals surface area contributed by atoms with Crippen molar-refractivity contribution >= 4 is 59.2 Å². The molecule has 0 saturated heterocycles. The Balaban J connectivity index is 6.46. The minimum Gasteiger partial charge on any atom is -0.481 e. The van der Waals surface area contributed by atoms with Gasteiger partial charge in [-0.25, -0.2) is 4.79 Å². The fraction of sp³-hybridized carbons (Fsp3) is 0.737. The zero-order valence-corrected chi connectivity index (χ0v) is 36.1. The van der Waals surface area contributed by atoms with Crippen LogP contribution in [0.5, 0.6) is 0 Å². The van der Waals surface area contributed by atoms with Gasteiger partial charge in [0.05, 0.1) is 12.2 Å². The number of hydrogen-bond donors (Lipinski definition) is 14. The fourth-order valence-corrected chi connectivity index (χ4v) is 5.94. The molecular weight excluding hydrogens is 820 g/mol. The van der Waals surface area contributed by atoms with Gasteiger partial charge in [0, 0.05) is 19.8 Å². The summed E-state index contributed by atoms with van der Waals surface area (Å²) in [6.45, 7) is 7.64. The van der Waals surface area contributed by atoms with Gasteiger partial charge in [0.1, 0.15) is 42.3 Å². The predicted molar refractivity (Wildman–Crippen MR) is 221 cm³/mol. The van der Waals surface area contributed by atoms with Gasteiger partial charge < -0.3 is 74.8 Å². The molecule has 0 aliphatic heterocycles. The monoisotopic (exact) mass is 888 g/mol. The average molecular weight is 889 g/mol. The third-order valence-electron chi connectivity index (χ3n) is 9.26. The first kappa shape index (κ1) is 56.5. The highest BCUT2D eigenvalue weighted by Crippen LogP contribution is 2.11. The molecule has 0 spiro atoms. The van der Waals surface area contributed by atoms with Crippen molar-refractivity contribution < 1.29 is 68.4 Å². The number of aliphatic hydroxyl groups excluding tert-OH is 2. The van der Waals surface area contributed by atoms with Gasteiger partial charge in [0.25, 0.3) is 0 Å². The molecule has 0 unspecified atom stereocenters. The van der Waals surface area contributed by atoms with Crippen LogP contribution in [-0.4, -0.2) is 147 Å². The van der Waals surface area contributed by atoms with Crippen molar-refractivity contribution in [3.63, 3.8) is 0 Å². The number of aliphatic carboxylic acids is 2. The molecule has 0 radical (unpaired) electrons. The molecule has 0 saturated carbocycles. The van der Waals surface area contributed by atoms with Crippen LogP contribution in [0.1, 0.15) is 105 Å². The van der Waals surface area contributed by atoms with E-state index in [9.17, 15) is 68.4 Å². The van der Waals surface area contributed by atoms with Crippen LogP contribution < -0.4 is 54.4 Å². The average Bonchev–Trinajstić information content (AvgIpc) is 3.16. The number of nitrogens with two attached hydrogens (primary N) is 3. The highest BCUT2D eigenvalue weighted by molar-refractivity contribution is 5.97. The lowest BCUT2D eigenvalue weighted by atomic mass is 10.0. The first-order valence-electron chi connectivity index (χ1n) is 20.5. The number of primary amides is 1. The number of carboxylic acid groups (broad SMARTS) is 2. The van der Waals surface area contributed by atoms with Gasteiger partial charge >= 0.3 is 11.9 Å². The summed E-state index contributed by atoms with van der Waals surface area (Å²) in [5.74, 6) is -10.3. The number of aliphatic hydroxyl groups is 2. The molecule has 9 atom stereocenters. The SMILES string of the molecule is CC(=O)N[C@@H](CC(C)C)C(=O)N[C@@H](CCCCN)C(=O)N[C@@H](CCCCN)C(=O)N[C@H](C(=O)N[C@@H](CCC(=O)O)C(=O)N[C@H](C(=O)N[C@@H](CCC(N)=O)C(=O)O)[C@@H](C)O)[C@@H](C)O. The Morgan fingerprint density at radius 2 is 0.855 bits per heavy atom. The number of rotatable bonds is 32. The summed E-state index contributed by atoms with van der Waals surface area (Å²) in [6, 6.07) is -10.6. The Labute approximate surface area is 360 Å². The molecule has 354 valence electrons. The molecule has 0 heterocycles. The molecule has 0 aromatic carbocycles. The highest BCUT2D eigenvalue weighted by Gasteiger charge is 2.36. The van der Waals surface area contributed by atoms with Gasteiger partial charge in [0.15, 0.2) is 0 Å². The Morgan fingerprint density at radius 3 is 1.21 bits per heavy atom. The van der Waals surface area contributed by atoms with E-state index in [-0.39, 0.29) is 31.7 Å². The summed E-state index contributed by atoms with van der Waals surface area (Å²) in [7, 11) is 0. The molecule has 0 aliphatic carbocycles. The second-order valence-corrected chi connectivity index (χ2v) is 15.4. The zero-order valence-electron chi connectivity index (χ0n) is 36.1. The highest BCUT2D eigenvalue weighted by atomic mass is 16.4. The Morgan fingerprint density at radius 1 is 0.484 bits per heavy atom. The summed E-state index contributed by atoms with van der Waals surface area (Å²) < 4.78 is 0. The topological polar surface area (TPSA) is 414 Å². The summed E-state index contributed by atoms with van der Waals surface area (Å²) in [6.07, 6.45) is -3.56. The van der Waals surface area contributed by atoms with Crippen molar-refractivity contribution in [1.29, 1.82) is 0 Å². The van der Waals surface area contributed by atoms with Gasteiger partial charge in [-0.1, -0.05) is 13.8 Å². The maximum absolute atomic E-state index is 13.8. The first-order chi connectivity index (χ1) is 28.9. The smallest absolute Gasteiger partial charge is 0.326 e. The van der Waals surface area contributed by atoms with E-state index in [4.69, 9.17) is 17.2 Å². The zero-order chi connectivity index (χ0) is 47.7. The minimum absolute atomic E-state index is 0.00796. The molecule has 24 nitrogen and oxygen atoms in total. The number of carbonyl (C=O) groups excluding carboxylic acids is 8. The Hall–Kier alpha value is -5.46. The summed E-state index contributed by atoms with van der Waals surface area (Å²) >= 11 is 0. The minimum atomic E-state index is -1.86. The van der Waals surface area contributed by atoms with Crippen LogP contribution in [-0.2, 0) is 47.9 Å². The summed E-state index contributed by atoms with van der Waals surface area (Å²) in [4.78, 5) is 127. The van der Waals surface area contributed by atoms with E-state index in [1.54, 1.807) is 0 Å². The standard InChI is InChI=1S/C38H68N10O14/c1-19(2)18-27(42-22(5)51)35(58)44-23(10-6-8-16-39)32(55)43-24(11-7-9-17-40)33(56)47-30(20(3)49)36(59)45-25(13-15-29(53)54)34(57)48-31(21(4)50)37(60)46-26(38(61)62)12-14-28(41)52/h19-21,23-27,30-31,49-50H,6-18,39-40H2,1-5H3,(H2,41,52)(H,42,51)(H,43,55)(H,44,58)(H,45,59)(H,46,60)(H,47,56)(H,48,57)(H,53,54)(H,61,62)/t20-,21-,23+,24+,25+,26+,27+,30+,31+/m1/s1. The van der Waals surface area contributed by atoms with Crippen LogP contribution in [0.4, 0.5) is 0 Å². The molecular formula is C38H68N10O14. The van der Waals surface area contributed by atoms with E-state index in [0.717, 1.165) is 13.8 Å². The lowest BCUT2D eigenvalue weighted by Crippen LogP contribution is -2.62. The lowest BCUT2D eigenvalue weighted by Gasteiger charge is -2.29. The molecule has 0 rings (SSSR count). The second kappa shape index (κ2) is 29.7.